The van der Waals surface area contributed by atoms with Crippen LogP contribution < -0.4 is 15.0 Å². The summed E-state index contributed by atoms with van der Waals surface area (Å²) < 4.78 is 18.8. The molecule has 2 aromatic carbocycles. The summed E-state index contributed by atoms with van der Waals surface area (Å²) in [5.41, 5.74) is 2.06. The number of anilines is 2. The van der Waals surface area contributed by atoms with Crippen LogP contribution in [0.3, 0.4) is 0 Å². The molecule has 2 aromatic rings. The molecule has 6 nitrogen and oxygen atoms in total. The molecule has 0 radical (unpaired) electrons. The molecule has 1 aliphatic heterocycles. The lowest BCUT2D eigenvalue weighted by molar-refractivity contribution is -0.120. The number of nitrogens with one attached hydrogen (secondary N) is 1. The van der Waals surface area contributed by atoms with Gasteiger partial charge in [-0.1, -0.05) is 18.2 Å². The SMILES string of the molecule is COc1ccc(CN(C)CC(=O)N2c3ccccc3NC(=O)C[C@H]2C)cc1F. The molecule has 0 saturated carbocycles. The van der Waals surface area contributed by atoms with E-state index in [0.717, 1.165) is 5.56 Å². The zero-order valence-corrected chi connectivity index (χ0v) is 16.2. The summed E-state index contributed by atoms with van der Waals surface area (Å²) >= 11 is 0. The molecule has 0 bridgehead atoms. The highest BCUT2D eigenvalue weighted by atomic mass is 19.1. The van der Waals surface area contributed by atoms with Crippen molar-refractivity contribution in [3.63, 3.8) is 0 Å². The summed E-state index contributed by atoms with van der Waals surface area (Å²) in [6, 6.07) is 11.8. The lowest BCUT2D eigenvalue weighted by Gasteiger charge is -2.29. The van der Waals surface area contributed by atoms with Crippen molar-refractivity contribution in [2.75, 3.05) is 30.9 Å². The van der Waals surface area contributed by atoms with Crippen molar-refractivity contribution in [3.05, 3.63) is 53.8 Å². The van der Waals surface area contributed by atoms with Gasteiger partial charge in [-0.15, -0.1) is 0 Å². The summed E-state index contributed by atoms with van der Waals surface area (Å²) in [5, 5.41) is 2.85. The quantitative estimate of drug-likeness (QED) is 0.860. The Bertz CT molecular complexity index is 887. The highest BCUT2D eigenvalue weighted by molar-refractivity contribution is 6.04. The van der Waals surface area contributed by atoms with Gasteiger partial charge in [0.1, 0.15) is 0 Å². The van der Waals surface area contributed by atoms with Crippen LogP contribution >= 0.6 is 0 Å². The normalized spacial score (nSPS) is 16.4. The van der Waals surface area contributed by atoms with E-state index >= 15 is 0 Å². The van der Waals surface area contributed by atoms with Crippen LogP contribution in [0.15, 0.2) is 42.5 Å². The molecule has 0 unspecified atom stereocenters. The smallest absolute Gasteiger partial charge is 0.241 e. The summed E-state index contributed by atoms with van der Waals surface area (Å²) in [6.45, 7) is 2.41. The van der Waals surface area contributed by atoms with Crippen LogP contribution in [0.4, 0.5) is 15.8 Å². The Labute approximate surface area is 163 Å². The summed E-state index contributed by atoms with van der Waals surface area (Å²) in [7, 11) is 3.22. The van der Waals surface area contributed by atoms with E-state index in [2.05, 4.69) is 5.32 Å². The van der Waals surface area contributed by atoms with Gasteiger partial charge in [0.05, 0.1) is 25.0 Å². The van der Waals surface area contributed by atoms with Crippen molar-refractivity contribution < 1.29 is 18.7 Å². The van der Waals surface area contributed by atoms with Crippen molar-refractivity contribution in [2.45, 2.75) is 25.9 Å². The predicted molar refractivity (Wildman–Crippen MR) is 106 cm³/mol. The van der Waals surface area contributed by atoms with E-state index in [1.807, 2.05) is 30.0 Å². The second kappa shape index (κ2) is 8.39. The van der Waals surface area contributed by atoms with E-state index in [0.29, 0.717) is 17.9 Å². The third-order valence-corrected chi connectivity index (χ3v) is 4.70. The number of ether oxygens (including phenoxy) is 1. The Morgan fingerprint density at radius 1 is 1.32 bits per heavy atom. The number of benzene rings is 2. The van der Waals surface area contributed by atoms with Gasteiger partial charge in [0.15, 0.2) is 11.6 Å². The number of hydrogen-bond acceptors (Lipinski definition) is 4. The van der Waals surface area contributed by atoms with E-state index in [1.54, 1.807) is 30.1 Å². The Morgan fingerprint density at radius 3 is 2.79 bits per heavy atom. The second-order valence-corrected chi connectivity index (χ2v) is 7.02. The number of carbonyl (C=O) groups excluding carboxylic acids is 2. The average molecular weight is 385 g/mol. The Morgan fingerprint density at radius 2 is 2.07 bits per heavy atom. The van der Waals surface area contributed by atoms with E-state index in [4.69, 9.17) is 4.74 Å². The van der Waals surface area contributed by atoms with E-state index in [-0.39, 0.29) is 36.6 Å². The number of para-hydroxylation sites is 2. The van der Waals surface area contributed by atoms with Crippen molar-refractivity contribution in [2.24, 2.45) is 0 Å². The molecule has 1 atom stereocenters. The molecule has 0 aromatic heterocycles. The lowest BCUT2D eigenvalue weighted by atomic mass is 10.1. The number of nitrogens with zero attached hydrogens (tertiary/aromatic N) is 2. The number of carbonyl (C=O) groups is 2. The first-order valence-electron chi connectivity index (χ1n) is 9.11. The van der Waals surface area contributed by atoms with Gasteiger partial charge in [-0.3, -0.25) is 14.5 Å². The maximum atomic E-state index is 13.9. The van der Waals surface area contributed by atoms with Crippen LogP contribution in [0.2, 0.25) is 0 Å². The first kappa shape index (κ1) is 19.8. The molecular weight excluding hydrogens is 361 g/mol. The van der Waals surface area contributed by atoms with Gasteiger partial charge in [-0.05, 0) is 43.8 Å². The largest absolute Gasteiger partial charge is 0.494 e. The van der Waals surface area contributed by atoms with Gasteiger partial charge in [-0.25, -0.2) is 4.39 Å². The van der Waals surface area contributed by atoms with E-state index < -0.39 is 5.82 Å². The molecule has 7 heteroatoms. The number of rotatable bonds is 5. The summed E-state index contributed by atoms with van der Waals surface area (Å²) in [6.07, 6.45) is 0.230. The fourth-order valence-electron chi connectivity index (χ4n) is 3.45. The van der Waals surface area contributed by atoms with Crippen LogP contribution in [0.5, 0.6) is 5.75 Å². The average Bonchev–Trinajstić information content (AvgIpc) is 2.75. The maximum Gasteiger partial charge on any atom is 0.241 e. The topological polar surface area (TPSA) is 61.9 Å². The molecule has 3 rings (SSSR count). The molecule has 148 valence electrons. The number of hydrogen-bond donors (Lipinski definition) is 1. The predicted octanol–water partition coefficient (Wildman–Crippen LogP) is 3.03. The molecule has 28 heavy (non-hydrogen) atoms. The maximum absolute atomic E-state index is 13.9. The first-order chi connectivity index (χ1) is 13.4. The van der Waals surface area contributed by atoms with Gasteiger partial charge in [0, 0.05) is 19.0 Å². The van der Waals surface area contributed by atoms with Crippen LogP contribution in [-0.4, -0.2) is 43.5 Å². The van der Waals surface area contributed by atoms with Crippen LogP contribution in [0.1, 0.15) is 18.9 Å². The number of halogens is 1. The molecule has 0 fully saturated rings. The minimum absolute atomic E-state index is 0.114. The van der Waals surface area contributed by atoms with Gasteiger partial charge < -0.3 is 15.0 Å². The monoisotopic (exact) mass is 385 g/mol. The molecule has 1 N–H and O–H groups in total. The number of methoxy groups -OCH3 is 1. The Balaban J connectivity index is 1.74. The number of amides is 2. The fourth-order valence-corrected chi connectivity index (χ4v) is 3.45. The van der Waals surface area contributed by atoms with E-state index in [9.17, 15) is 14.0 Å². The summed E-state index contributed by atoms with van der Waals surface area (Å²) in [5.74, 6) is -0.473. The molecule has 1 heterocycles. The standard InChI is InChI=1S/C21H24FN3O3/c1-14-10-20(26)23-17-6-4-5-7-18(17)25(14)21(27)13-24(2)12-15-8-9-19(28-3)16(22)11-15/h4-9,11,14H,10,12-13H2,1-3H3,(H,23,26)/t14-/m1/s1. The van der Waals surface area contributed by atoms with Gasteiger partial charge in [-0.2, -0.15) is 0 Å². The lowest BCUT2D eigenvalue weighted by Crippen LogP contribution is -2.44. The van der Waals surface area contributed by atoms with E-state index in [1.165, 1.54) is 13.2 Å². The zero-order chi connectivity index (χ0) is 20.3. The third-order valence-electron chi connectivity index (χ3n) is 4.70. The van der Waals surface area contributed by atoms with Crippen LogP contribution in [-0.2, 0) is 16.1 Å². The molecule has 0 saturated heterocycles. The molecule has 0 spiro atoms. The van der Waals surface area contributed by atoms with Gasteiger partial charge in [0.25, 0.3) is 0 Å². The Hall–Kier alpha value is -2.93. The third kappa shape index (κ3) is 4.31. The molecule has 0 aliphatic carbocycles. The number of likely N-dealkylation sites (N-methyl/N-ethyl adjacent to an activating group) is 1. The van der Waals surface area contributed by atoms with Crippen molar-refractivity contribution in [1.29, 1.82) is 0 Å². The van der Waals surface area contributed by atoms with Crippen molar-refractivity contribution in [1.82, 2.24) is 4.90 Å². The second-order valence-electron chi connectivity index (χ2n) is 7.02. The fraction of sp³-hybridized carbons (Fsp3) is 0.333. The highest BCUT2D eigenvalue weighted by Crippen LogP contribution is 2.31. The molecule has 2 amide bonds. The minimum atomic E-state index is -0.431. The van der Waals surface area contributed by atoms with Gasteiger partial charge in [0.2, 0.25) is 11.8 Å². The van der Waals surface area contributed by atoms with Crippen molar-refractivity contribution in [3.8, 4) is 5.75 Å². The van der Waals surface area contributed by atoms with Crippen LogP contribution in [0, 0.1) is 5.82 Å². The van der Waals surface area contributed by atoms with Crippen molar-refractivity contribution >= 4 is 23.2 Å². The zero-order valence-electron chi connectivity index (χ0n) is 16.2. The minimum Gasteiger partial charge on any atom is -0.494 e. The molecular formula is C21H24FN3O3. The highest BCUT2D eigenvalue weighted by Gasteiger charge is 2.29. The number of fused-ring (bicyclic) bond motifs is 1. The van der Waals surface area contributed by atoms with Crippen LogP contribution in [0.25, 0.3) is 0 Å². The Kier molecular flexibility index (Phi) is 5.94. The summed E-state index contributed by atoms with van der Waals surface area (Å²) in [4.78, 5) is 28.6. The molecule has 1 aliphatic rings. The van der Waals surface area contributed by atoms with Gasteiger partial charge >= 0.3 is 0 Å². The first-order valence-corrected chi connectivity index (χ1v) is 9.11.